The smallest absolute Gasteiger partial charge is 0.164 e. The summed E-state index contributed by atoms with van der Waals surface area (Å²) in [7, 11) is 0. The number of benzene rings is 9. The zero-order valence-electron chi connectivity index (χ0n) is 33.9. The van der Waals surface area contributed by atoms with Crippen molar-refractivity contribution in [2.75, 3.05) is 0 Å². The van der Waals surface area contributed by atoms with Crippen LogP contribution in [-0.4, -0.2) is 24.9 Å². The van der Waals surface area contributed by atoms with E-state index in [1.54, 1.807) is 0 Å². The van der Waals surface area contributed by atoms with Gasteiger partial charge in [-0.3, -0.25) is 0 Å². The average Bonchev–Trinajstić information content (AvgIpc) is 3.76. The normalized spacial score (nSPS) is 11.5. The van der Waals surface area contributed by atoms with Crippen LogP contribution in [0, 0.1) is 0 Å². The van der Waals surface area contributed by atoms with Crippen LogP contribution < -0.4 is 0 Å². The molecule has 63 heavy (non-hydrogen) atoms. The number of nitrogens with zero attached hydrogens (tertiary/aromatic N) is 5. The lowest BCUT2D eigenvalue weighted by molar-refractivity contribution is 0.671. The van der Waals surface area contributed by atoms with Gasteiger partial charge >= 0.3 is 0 Å². The van der Waals surface area contributed by atoms with Crippen molar-refractivity contribution in [2.45, 2.75) is 0 Å². The second-order valence-corrected chi connectivity index (χ2v) is 15.7. The van der Waals surface area contributed by atoms with Crippen molar-refractivity contribution < 1.29 is 4.42 Å². The molecular formula is C57H35N5O. The predicted octanol–water partition coefficient (Wildman–Crippen LogP) is 14.5. The van der Waals surface area contributed by atoms with Crippen molar-refractivity contribution in [3.63, 3.8) is 0 Å². The predicted molar refractivity (Wildman–Crippen MR) is 256 cm³/mol. The molecule has 0 aliphatic carbocycles. The summed E-state index contributed by atoms with van der Waals surface area (Å²) in [5.41, 5.74) is 16.7. The lowest BCUT2D eigenvalue weighted by atomic mass is 9.96. The summed E-state index contributed by atoms with van der Waals surface area (Å²) in [6.07, 6.45) is 0. The van der Waals surface area contributed by atoms with Gasteiger partial charge in [-0.25, -0.2) is 24.9 Å². The highest BCUT2D eigenvalue weighted by atomic mass is 16.3. The van der Waals surface area contributed by atoms with Crippen LogP contribution in [0.3, 0.4) is 0 Å². The Kier molecular flexibility index (Phi) is 8.71. The molecule has 6 heteroatoms. The van der Waals surface area contributed by atoms with Crippen LogP contribution in [0.1, 0.15) is 0 Å². The molecule has 0 spiro atoms. The van der Waals surface area contributed by atoms with Crippen molar-refractivity contribution in [3.05, 3.63) is 212 Å². The van der Waals surface area contributed by atoms with Gasteiger partial charge in [-0.2, -0.15) is 0 Å². The highest BCUT2D eigenvalue weighted by Crippen LogP contribution is 2.35. The van der Waals surface area contributed by atoms with Crippen LogP contribution in [0.25, 0.3) is 123 Å². The number of hydrogen-bond donors (Lipinski definition) is 0. The Labute approximate surface area is 362 Å². The van der Waals surface area contributed by atoms with E-state index in [-0.39, 0.29) is 0 Å². The highest BCUT2D eigenvalue weighted by Gasteiger charge is 2.15. The molecule has 0 radical (unpaired) electrons. The van der Waals surface area contributed by atoms with Gasteiger partial charge in [0.25, 0.3) is 0 Å². The second-order valence-electron chi connectivity index (χ2n) is 15.7. The molecule has 9 aromatic carbocycles. The van der Waals surface area contributed by atoms with E-state index in [0.29, 0.717) is 17.5 Å². The maximum absolute atomic E-state index is 6.29. The maximum atomic E-state index is 6.29. The third-order valence-electron chi connectivity index (χ3n) is 11.8. The first-order valence-corrected chi connectivity index (χ1v) is 21.0. The molecule has 3 heterocycles. The molecule has 12 aromatic rings. The highest BCUT2D eigenvalue weighted by molar-refractivity contribution is 6.14. The van der Waals surface area contributed by atoms with E-state index in [1.165, 1.54) is 5.56 Å². The molecule has 0 fully saturated rings. The fourth-order valence-electron chi connectivity index (χ4n) is 8.44. The number of aromatic nitrogens is 5. The van der Waals surface area contributed by atoms with Gasteiger partial charge in [-0.15, -0.1) is 0 Å². The van der Waals surface area contributed by atoms with Crippen LogP contribution in [0.4, 0.5) is 0 Å². The molecule has 0 unspecified atom stereocenters. The van der Waals surface area contributed by atoms with Crippen molar-refractivity contribution in [3.8, 4) is 78.7 Å². The Bertz CT molecular complexity index is 3640. The Morgan fingerprint density at radius 1 is 0.254 bits per heavy atom. The average molecular weight is 806 g/mol. The summed E-state index contributed by atoms with van der Waals surface area (Å²) in [6, 6.07) is 73.2. The third-order valence-corrected chi connectivity index (χ3v) is 11.8. The molecule has 6 nitrogen and oxygen atoms in total. The lowest BCUT2D eigenvalue weighted by Crippen LogP contribution is -2.00. The molecule has 0 N–H and O–H groups in total. The van der Waals surface area contributed by atoms with Crippen molar-refractivity contribution >= 4 is 44.0 Å². The molecule has 0 saturated carbocycles. The second kappa shape index (κ2) is 15.1. The van der Waals surface area contributed by atoms with E-state index in [1.807, 2.05) is 60.7 Å². The maximum Gasteiger partial charge on any atom is 0.164 e. The van der Waals surface area contributed by atoms with E-state index < -0.39 is 0 Å². The fourth-order valence-corrected chi connectivity index (χ4v) is 8.44. The van der Waals surface area contributed by atoms with Gasteiger partial charge in [-0.05, 0) is 80.9 Å². The molecule has 0 aliphatic rings. The van der Waals surface area contributed by atoms with Crippen LogP contribution >= 0.6 is 0 Å². The van der Waals surface area contributed by atoms with Crippen LogP contribution in [0.15, 0.2) is 217 Å². The number of para-hydroxylation sites is 1. The van der Waals surface area contributed by atoms with Crippen LogP contribution in [-0.2, 0) is 0 Å². The summed E-state index contributed by atoms with van der Waals surface area (Å²) in [5.74, 6) is 1.90. The van der Waals surface area contributed by atoms with E-state index in [4.69, 9.17) is 29.3 Å². The zero-order valence-corrected chi connectivity index (χ0v) is 33.9. The summed E-state index contributed by atoms with van der Waals surface area (Å²) < 4.78 is 6.29. The Balaban J connectivity index is 0.818. The zero-order chi connectivity index (χ0) is 41.7. The fraction of sp³-hybridized carbons (Fsp3) is 0. The van der Waals surface area contributed by atoms with E-state index in [2.05, 4.69) is 152 Å². The van der Waals surface area contributed by atoms with Gasteiger partial charge in [0, 0.05) is 27.5 Å². The molecular weight excluding hydrogens is 771 g/mol. The monoisotopic (exact) mass is 805 g/mol. The van der Waals surface area contributed by atoms with E-state index in [9.17, 15) is 0 Å². The number of fused-ring (bicyclic) bond motifs is 6. The van der Waals surface area contributed by atoms with E-state index in [0.717, 1.165) is 99.6 Å². The van der Waals surface area contributed by atoms with Gasteiger partial charge in [0.15, 0.2) is 23.1 Å². The van der Waals surface area contributed by atoms with Crippen molar-refractivity contribution in [1.29, 1.82) is 0 Å². The van der Waals surface area contributed by atoms with Gasteiger partial charge in [0.05, 0.1) is 16.6 Å². The minimum Gasteiger partial charge on any atom is -0.454 e. The molecule has 0 saturated heterocycles. The topological polar surface area (TPSA) is 77.6 Å². The minimum absolute atomic E-state index is 0.628. The lowest BCUT2D eigenvalue weighted by Gasteiger charge is -2.10. The molecule has 294 valence electrons. The Morgan fingerprint density at radius 2 is 0.683 bits per heavy atom. The Hall–Kier alpha value is -8.61. The molecule has 0 aliphatic heterocycles. The summed E-state index contributed by atoms with van der Waals surface area (Å²) in [6.45, 7) is 0. The van der Waals surface area contributed by atoms with Crippen molar-refractivity contribution in [2.24, 2.45) is 0 Å². The third kappa shape index (κ3) is 6.76. The standard InChI is InChI=1S/C57H35N5O/c1-3-10-36(11-4-1)37-22-26-42(27-23-37)56-60-55(41-12-5-2-6-13-41)61-57(62-56)43-28-24-39(25-29-43)38-18-20-40(21-19-38)44-14-9-15-45(34-44)46-30-32-49-51(35-46)59-53-50(58-49)33-31-48-47-16-7-8-17-52(47)63-54(48)53/h1-35H. The largest absolute Gasteiger partial charge is 0.454 e. The van der Waals surface area contributed by atoms with E-state index >= 15 is 0 Å². The molecule has 0 atom stereocenters. The van der Waals surface area contributed by atoms with Gasteiger partial charge in [-0.1, -0.05) is 176 Å². The Morgan fingerprint density at radius 3 is 1.30 bits per heavy atom. The summed E-state index contributed by atoms with van der Waals surface area (Å²) in [4.78, 5) is 24.9. The first-order chi connectivity index (χ1) is 31.2. The molecule has 12 rings (SSSR count). The van der Waals surface area contributed by atoms with Crippen LogP contribution in [0.5, 0.6) is 0 Å². The van der Waals surface area contributed by atoms with Crippen molar-refractivity contribution in [1.82, 2.24) is 24.9 Å². The van der Waals surface area contributed by atoms with Gasteiger partial charge in [0.2, 0.25) is 0 Å². The molecule has 3 aromatic heterocycles. The van der Waals surface area contributed by atoms with Gasteiger partial charge < -0.3 is 4.42 Å². The van der Waals surface area contributed by atoms with Crippen LogP contribution in [0.2, 0.25) is 0 Å². The summed E-state index contributed by atoms with van der Waals surface area (Å²) >= 11 is 0. The summed E-state index contributed by atoms with van der Waals surface area (Å²) in [5, 5.41) is 2.13. The first kappa shape index (κ1) is 36.3. The number of furan rings is 1. The number of hydrogen-bond acceptors (Lipinski definition) is 6. The SMILES string of the molecule is c1ccc(-c2ccc(-c3nc(-c4ccccc4)nc(-c4ccc(-c5ccc(-c6cccc(-c7ccc8nc9ccc%10c%11ccccc%11oc%10c9nc8c7)c6)cc5)cc4)n3)cc2)cc1. The van der Waals surface area contributed by atoms with Gasteiger partial charge in [0.1, 0.15) is 11.1 Å². The molecule has 0 amide bonds. The molecule has 0 bridgehead atoms. The minimum atomic E-state index is 0.628. The number of rotatable bonds is 7. The first-order valence-electron chi connectivity index (χ1n) is 21.0. The quantitative estimate of drug-likeness (QED) is 0.149.